The number of aryl methyl sites for hydroxylation is 1. The molecule has 31 heavy (non-hydrogen) atoms. The smallest absolute Gasteiger partial charge is 0.242 e. The van der Waals surface area contributed by atoms with Crippen LogP contribution in [0.3, 0.4) is 0 Å². The number of hydrogen-bond acceptors (Lipinski definition) is 4. The molecule has 170 valence electrons. The number of hydrogen-bond donors (Lipinski definition) is 0. The normalized spacial score (nSPS) is 11.0. The van der Waals surface area contributed by atoms with Crippen molar-refractivity contribution in [3.05, 3.63) is 59.3 Å². The second-order valence-electron chi connectivity index (χ2n) is 7.85. The van der Waals surface area contributed by atoms with Crippen molar-refractivity contribution in [2.24, 2.45) is 5.92 Å². The molecule has 0 unspecified atom stereocenters. The fraction of sp³-hybridized carbons (Fsp3) is 0.500. The summed E-state index contributed by atoms with van der Waals surface area (Å²) in [6.45, 7) is 9.56. The summed E-state index contributed by atoms with van der Waals surface area (Å²) < 4.78 is 24.3. The minimum Gasteiger partial charge on any atom is -0.464 e. The highest BCUT2D eigenvalue weighted by molar-refractivity contribution is 5.85. The lowest BCUT2D eigenvalue weighted by atomic mass is 10.1. The molecule has 1 aromatic carbocycles. The van der Waals surface area contributed by atoms with Gasteiger partial charge in [-0.3, -0.25) is 9.59 Å². The standard InChI is InChI=1S/C24H33FN2O4/c1-5-30-14-6-13-26(24(29)18(2)3)17-23(28)27(16-22-12-7-19(4)31-22)15-20-8-10-21(25)11-9-20/h7-12,18H,5-6,13-17H2,1-4H3. The van der Waals surface area contributed by atoms with Gasteiger partial charge < -0.3 is 19.0 Å². The summed E-state index contributed by atoms with van der Waals surface area (Å²) >= 11 is 0. The maximum absolute atomic E-state index is 13.3. The lowest BCUT2D eigenvalue weighted by Gasteiger charge is -2.28. The van der Waals surface area contributed by atoms with Crippen LogP contribution in [0, 0.1) is 18.7 Å². The summed E-state index contributed by atoms with van der Waals surface area (Å²) in [6, 6.07) is 9.73. The lowest BCUT2D eigenvalue weighted by molar-refractivity contribution is -0.143. The number of carbonyl (C=O) groups excluding carboxylic acids is 2. The van der Waals surface area contributed by atoms with Crippen LogP contribution >= 0.6 is 0 Å². The maximum atomic E-state index is 13.3. The van der Waals surface area contributed by atoms with Crippen molar-refractivity contribution < 1.29 is 23.1 Å². The Bertz CT molecular complexity index is 832. The summed E-state index contributed by atoms with van der Waals surface area (Å²) in [5.74, 6) is 0.622. The van der Waals surface area contributed by atoms with Gasteiger partial charge in [-0.25, -0.2) is 4.39 Å². The van der Waals surface area contributed by atoms with Crippen LogP contribution in [-0.4, -0.2) is 47.9 Å². The molecule has 2 rings (SSSR count). The van der Waals surface area contributed by atoms with Crippen molar-refractivity contribution in [1.29, 1.82) is 0 Å². The molecule has 0 atom stereocenters. The van der Waals surface area contributed by atoms with Gasteiger partial charge in [0.2, 0.25) is 11.8 Å². The largest absolute Gasteiger partial charge is 0.464 e. The Hall–Kier alpha value is -2.67. The van der Waals surface area contributed by atoms with E-state index in [1.807, 2.05) is 39.8 Å². The van der Waals surface area contributed by atoms with Crippen LogP contribution in [0.2, 0.25) is 0 Å². The van der Waals surface area contributed by atoms with Crippen molar-refractivity contribution in [2.45, 2.75) is 47.2 Å². The Morgan fingerprint density at radius 3 is 2.35 bits per heavy atom. The maximum Gasteiger partial charge on any atom is 0.242 e. The number of nitrogens with zero attached hydrogens (tertiary/aromatic N) is 2. The van der Waals surface area contributed by atoms with Crippen molar-refractivity contribution in [3.8, 4) is 0 Å². The second kappa shape index (κ2) is 12.2. The highest BCUT2D eigenvalue weighted by Crippen LogP contribution is 2.15. The van der Waals surface area contributed by atoms with E-state index in [0.29, 0.717) is 38.5 Å². The van der Waals surface area contributed by atoms with E-state index in [1.165, 1.54) is 12.1 Å². The van der Waals surface area contributed by atoms with Gasteiger partial charge in [-0.15, -0.1) is 0 Å². The summed E-state index contributed by atoms with van der Waals surface area (Å²) in [7, 11) is 0. The molecule has 0 fully saturated rings. The van der Waals surface area contributed by atoms with E-state index in [-0.39, 0.29) is 36.6 Å². The number of ether oxygens (including phenoxy) is 1. The average molecular weight is 433 g/mol. The van der Waals surface area contributed by atoms with Crippen molar-refractivity contribution in [1.82, 2.24) is 9.80 Å². The summed E-state index contributed by atoms with van der Waals surface area (Å²) in [5, 5.41) is 0. The summed E-state index contributed by atoms with van der Waals surface area (Å²) in [6.07, 6.45) is 0.662. The van der Waals surface area contributed by atoms with Gasteiger partial charge in [-0.1, -0.05) is 26.0 Å². The molecule has 0 aliphatic rings. The molecule has 6 nitrogen and oxygen atoms in total. The van der Waals surface area contributed by atoms with Gasteiger partial charge >= 0.3 is 0 Å². The van der Waals surface area contributed by atoms with Crippen molar-refractivity contribution in [2.75, 3.05) is 26.3 Å². The van der Waals surface area contributed by atoms with Gasteiger partial charge in [0.15, 0.2) is 0 Å². The first kappa shape index (κ1) is 24.6. The zero-order valence-electron chi connectivity index (χ0n) is 18.9. The van der Waals surface area contributed by atoms with Crippen LogP contribution in [-0.2, 0) is 27.4 Å². The van der Waals surface area contributed by atoms with Crippen LogP contribution in [0.25, 0.3) is 0 Å². The first-order valence-electron chi connectivity index (χ1n) is 10.7. The zero-order chi connectivity index (χ0) is 22.8. The van der Waals surface area contributed by atoms with Gasteiger partial charge in [-0.05, 0) is 50.1 Å². The van der Waals surface area contributed by atoms with E-state index in [2.05, 4.69) is 0 Å². The summed E-state index contributed by atoms with van der Waals surface area (Å²) in [5.41, 5.74) is 0.802. The Morgan fingerprint density at radius 2 is 1.77 bits per heavy atom. The topological polar surface area (TPSA) is 63.0 Å². The SMILES string of the molecule is CCOCCCN(CC(=O)N(Cc1ccc(F)cc1)Cc1ccc(C)o1)C(=O)C(C)C. The average Bonchev–Trinajstić information content (AvgIpc) is 3.15. The zero-order valence-corrected chi connectivity index (χ0v) is 18.9. The highest BCUT2D eigenvalue weighted by atomic mass is 19.1. The third-order valence-corrected chi connectivity index (χ3v) is 4.83. The monoisotopic (exact) mass is 432 g/mol. The number of rotatable bonds is 12. The third-order valence-electron chi connectivity index (χ3n) is 4.83. The molecule has 0 saturated carbocycles. The number of furan rings is 1. The van der Waals surface area contributed by atoms with E-state index in [1.54, 1.807) is 21.9 Å². The van der Waals surface area contributed by atoms with E-state index in [0.717, 1.165) is 11.3 Å². The molecule has 7 heteroatoms. The van der Waals surface area contributed by atoms with Crippen molar-refractivity contribution in [3.63, 3.8) is 0 Å². The van der Waals surface area contributed by atoms with E-state index >= 15 is 0 Å². The molecular weight excluding hydrogens is 399 g/mol. The van der Waals surface area contributed by atoms with Gasteiger partial charge in [0, 0.05) is 32.2 Å². The van der Waals surface area contributed by atoms with Crippen LogP contribution in [0.5, 0.6) is 0 Å². The predicted octanol–water partition coefficient (Wildman–Crippen LogP) is 4.17. The molecule has 0 bridgehead atoms. The van der Waals surface area contributed by atoms with E-state index < -0.39 is 0 Å². The first-order valence-corrected chi connectivity index (χ1v) is 10.7. The number of amides is 2. The number of halogens is 1. The highest BCUT2D eigenvalue weighted by Gasteiger charge is 2.24. The molecule has 2 amide bonds. The minimum absolute atomic E-state index is 0.0238. The molecule has 2 aromatic rings. The Labute approximate surface area is 184 Å². The molecular formula is C24H33FN2O4. The number of benzene rings is 1. The van der Waals surface area contributed by atoms with Gasteiger partial charge in [0.1, 0.15) is 17.3 Å². The fourth-order valence-corrected chi connectivity index (χ4v) is 3.20. The summed E-state index contributed by atoms with van der Waals surface area (Å²) in [4.78, 5) is 29.1. The van der Waals surface area contributed by atoms with Gasteiger partial charge in [-0.2, -0.15) is 0 Å². The number of carbonyl (C=O) groups is 2. The quantitative estimate of drug-likeness (QED) is 0.473. The molecule has 0 radical (unpaired) electrons. The Morgan fingerprint density at radius 1 is 1.06 bits per heavy atom. The van der Waals surface area contributed by atoms with Crippen LogP contribution in [0.15, 0.2) is 40.8 Å². The molecule has 0 aliphatic heterocycles. The van der Waals surface area contributed by atoms with E-state index in [4.69, 9.17) is 9.15 Å². The molecule has 1 aromatic heterocycles. The van der Waals surface area contributed by atoms with Gasteiger partial charge in [0.25, 0.3) is 0 Å². The molecule has 0 spiro atoms. The lowest BCUT2D eigenvalue weighted by Crippen LogP contribution is -2.44. The third kappa shape index (κ3) is 8.17. The molecule has 0 N–H and O–H groups in total. The van der Waals surface area contributed by atoms with E-state index in [9.17, 15) is 14.0 Å². The van der Waals surface area contributed by atoms with Crippen LogP contribution < -0.4 is 0 Å². The Balaban J connectivity index is 2.15. The minimum atomic E-state index is -0.328. The first-order chi connectivity index (χ1) is 14.8. The molecule has 1 heterocycles. The van der Waals surface area contributed by atoms with Crippen molar-refractivity contribution >= 4 is 11.8 Å². The second-order valence-corrected chi connectivity index (χ2v) is 7.85. The van der Waals surface area contributed by atoms with Crippen LogP contribution in [0.1, 0.15) is 44.3 Å². The fourth-order valence-electron chi connectivity index (χ4n) is 3.20. The molecule has 0 aliphatic carbocycles. The predicted molar refractivity (Wildman–Crippen MR) is 117 cm³/mol. The van der Waals surface area contributed by atoms with Gasteiger partial charge in [0.05, 0.1) is 13.1 Å². The molecule has 0 saturated heterocycles. The van der Waals surface area contributed by atoms with Crippen LogP contribution in [0.4, 0.5) is 4.39 Å². The Kier molecular flexibility index (Phi) is 9.72.